The largest absolute Gasteiger partial charge is 0.456 e. The molecule has 0 spiro atoms. The van der Waals surface area contributed by atoms with Crippen molar-refractivity contribution in [2.75, 3.05) is 4.90 Å². The Morgan fingerprint density at radius 3 is 1.57 bits per heavy atom. The molecule has 2 heterocycles. The highest BCUT2D eigenvalue weighted by Gasteiger charge is 2.49. The standard InChI is InChI=1S/C72H55NO2/c1-69(2)53-34-35-60-62(48-21-13-16-24-58(48)74-60)61(53)51-39-56-50(38-57(51)69)45-32-30-43(36-54(45)70(56,3)4)73(42-28-26-41(27-29-42)40-18-10-9-11-19-40)44-31-33-47-55(37-44)72(7,8)67-65(47)68-64(49-22-14-17-25-59(49)75-68)63-46-20-12-15-23-52(46)71(5,6)66(63)67/h9-39H,1-8H3. The highest BCUT2D eigenvalue weighted by Crippen LogP contribution is 2.64. The number of benzene rings is 10. The van der Waals surface area contributed by atoms with Gasteiger partial charge in [0.25, 0.3) is 0 Å². The zero-order chi connectivity index (χ0) is 50.7. The van der Waals surface area contributed by atoms with Crippen LogP contribution >= 0.6 is 0 Å². The quantitative estimate of drug-likeness (QED) is 0.176. The molecule has 0 unspecified atom stereocenters. The van der Waals surface area contributed by atoms with Gasteiger partial charge in [-0.3, -0.25) is 0 Å². The molecule has 75 heavy (non-hydrogen) atoms. The smallest absolute Gasteiger partial charge is 0.144 e. The zero-order valence-electron chi connectivity index (χ0n) is 43.7. The summed E-state index contributed by atoms with van der Waals surface area (Å²) in [6.07, 6.45) is 0. The van der Waals surface area contributed by atoms with Crippen molar-refractivity contribution in [3.8, 4) is 55.6 Å². The maximum Gasteiger partial charge on any atom is 0.144 e. The second-order valence-corrected chi connectivity index (χ2v) is 24.0. The predicted octanol–water partition coefficient (Wildman–Crippen LogP) is 19.8. The molecule has 0 radical (unpaired) electrons. The third kappa shape index (κ3) is 5.40. The average molecular weight is 966 g/mol. The summed E-state index contributed by atoms with van der Waals surface area (Å²) >= 11 is 0. The molecule has 10 aromatic carbocycles. The minimum Gasteiger partial charge on any atom is -0.456 e. The summed E-state index contributed by atoms with van der Waals surface area (Å²) in [6, 6.07) is 70.1. The SMILES string of the molecule is CC1(C)c2cc(N(c3ccc(-c4ccccc4)cc3)c3ccc4c(c3)C(C)(C)c3c5c(c6c(oc7ccccc76)c3-4)-c3ccccc3C5(C)C)ccc2-c2cc3c(cc21)-c1c(ccc2oc4ccccc4c12)C3(C)C. The van der Waals surface area contributed by atoms with Crippen LogP contribution in [0.3, 0.4) is 0 Å². The summed E-state index contributed by atoms with van der Waals surface area (Å²) in [5.41, 5.74) is 29.9. The van der Waals surface area contributed by atoms with Crippen LogP contribution in [0.15, 0.2) is 197 Å². The second kappa shape index (κ2) is 14.3. The first-order chi connectivity index (χ1) is 36.2. The summed E-state index contributed by atoms with van der Waals surface area (Å²) in [5, 5.41) is 4.81. The Labute approximate surface area is 437 Å². The van der Waals surface area contributed by atoms with Gasteiger partial charge in [0.1, 0.15) is 22.3 Å². The minimum atomic E-state index is -0.344. The fraction of sp³-hybridized carbons (Fsp3) is 0.167. The molecular weight excluding hydrogens is 911 g/mol. The van der Waals surface area contributed by atoms with E-state index in [2.05, 4.69) is 248 Å². The van der Waals surface area contributed by atoms with Crippen molar-refractivity contribution in [1.29, 1.82) is 0 Å². The lowest BCUT2D eigenvalue weighted by Gasteiger charge is -2.32. The molecule has 0 N–H and O–H groups in total. The summed E-state index contributed by atoms with van der Waals surface area (Å²) < 4.78 is 13.6. The molecule has 3 heteroatoms. The van der Waals surface area contributed by atoms with Gasteiger partial charge in [0.15, 0.2) is 0 Å². The maximum atomic E-state index is 7.08. The Bertz CT molecular complexity index is 4520. The van der Waals surface area contributed by atoms with Crippen molar-refractivity contribution in [3.63, 3.8) is 0 Å². The molecule has 0 aliphatic heterocycles. The van der Waals surface area contributed by atoms with Gasteiger partial charge in [-0.15, -0.1) is 0 Å². The van der Waals surface area contributed by atoms with Gasteiger partial charge in [-0.1, -0.05) is 177 Å². The van der Waals surface area contributed by atoms with E-state index in [0.717, 1.165) is 39.4 Å². The molecular formula is C72H55NO2. The van der Waals surface area contributed by atoms with Gasteiger partial charge >= 0.3 is 0 Å². The Kier molecular flexibility index (Phi) is 8.18. The van der Waals surface area contributed by atoms with Crippen LogP contribution in [0.4, 0.5) is 17.1 Å². The van der Waals surface area contributed by atoms with Gasteiger partial charge in [-0.05, 0) is 161 Å². The van der Waals surface area contributed by atoms with Crippen LogP contribution in [-0.2, 0) is 21.7 Å². The van der Waals surface area contributed by atoms with Gasteiger partial charge in [0.2, 0.25) is 0 Å². The molecule has 360 valence electrons. The van der Waals surface area contributed by atoms with Crippen molar-refractivity contribution in [3.05, 3.63) is 233 Å². The van der Waals surface area contributed by atoms with Gasteiger partial charge in [-0.25, -0.2) is 0 Å². The first-order valence-corrected chi connectivity index (χ1v) is 26.7. The van der Waals surface area contributed by atoms with E-state index in [1.54, 1.807) is 0 Å². The van der Waals surface area contributed by atoms with Gasteiger partial charge in [-0.2, -0.15) is 0 Å². The number of nitrogens with zero attached hydrogens (tertiary/aromatic N) is 1. The molecule has 2 aromatic heterocycles. The van der Waals surface area contributed by atoms with Crippen LogP contribution in [0.1, 0.15) is 99.9 Å². The van der Waals surface area contributed by atoms with E-state index in [0.29, 0.717) is 0 Å². The lowest BCUT2D eigenvalue weighted by atomic mass is 9.72. The topological polar surface area (TPSA) is 29.5 Å². The Hall–Kier alpha value is -8.40. The van der Waals surface area contributed by atoms with Gasteiger partial charge < -0.3 is 13.7 Å². The van der Waals surface area contributed by atoms with E-state index in [1.165, 1.54) is 122 Å². The van der Waals surface area contributed by atoms with E-state index >= 15 is 0 Å². The Morgan fingerprint density at radius 1 is 0.307 bits per heavy atom. The Morgan fingerprint density at radius 2 is 0.827 bits per heavy atom. The summed E-state index contributed by atoms with van der Waals surface area (Å²) in [5.74, 6) is 0. The first-order valence-electron chi connectivity index (χ1n) is 26.7. The number of para-hydroxylation sites is 2. The second-order valence-electron chi connectivity index (χ2n) is 24.0. The van der Waals surface area contributed by atoms with Crippen LogP contribution in [-0.4, -0.2) is 0 Å². The maximum absolute atomic E-state index is 7.08. The van der Waals surface area contributed by atoms with Crippen LogP contribution in [0.25, 0.3) is 99.5 Å². The highest BCUT2D eigenvalue weighted by atomic mass is 16.3. The number of fused-ring (bicyclic) bond motifs is 22. The van der Waals surface area contributed by atoms with E-state index in [9.17, 15) is 0 Å². The van der Waals surface area contributed by atoms with Crippen LogP contribution < -0.4 is 4.90 Å². The van der Waals surface area contributed by atoms with Crippen LogP contribution in [0.5, 0.6) is 0 Å². The first kappa shape index (κ1) is 43.0. The molecule has 0 bridgehead atoms. The highest BCUT2D eigenvalue weighted by molar-refractivity contribution is 6.21. The summed E-state index contributed by atoms with van der Waals surface area (Å²) in [7, 11) is 0. The third-order valence-electron chi connectivity index (χ3n) is 18.6. The number of hydrogen-bond acceptors (Lipinski definition) is 3. The molecule has 12 aromatic rings. The van der Waals surface area contributed by atoms with Crippen molar-refractivity contribution >= 4 is 60.9 Å². The molecule has 0 atom stereocenters. The lowest BCUT2D eigenvalue weighted by Crippen LogP contribution is -2.24. The van der Waals surface area contributed by atoms with Crippen molar-refractivity contribution < 1.29 is 8.83 Å². The molecule has 16 rings (SSSR count). The molecule has 4 aliphatic carbocycles. The number of anilines is 3. The van der Waals surface area contributed by atoms with Gasteiger partial charge in [0.05, 0.1) is 0 Å². The van der Waals surface area contributed by atoms with Crippen molar-refractivity contribution in [2.45, 2.75) is 77.0 Å². The van der Waals surface area contributed by atoms with E-state index in [-0.39, 0.29) is 21.7 Å². The van der Waals surface area contributed by atoms with Gasteiger partial charge in [0, 0.05) is 65.8 Å². The molecule has 0 amide bonds. The monoisotopic (exact) mass is 965 g/mol. The number of furan rings is 2. The number of hydrogen-bond donors (Lipinski definition) is 0. The van der Waals surface area contributed by atoms with Crippen LogP contribution in [0.2, 0.25) is 0 Å². The van der Waals surface area contributed by atoms with Crippen LogP contribution in [0, 0.1) is 0 Å². The van der Waals surface area contributed by atoms with Crippen molar-refractivity contribution in [2.24, 2.45) is 0 Å². The average Bonchev–Trinajstić information content (AvgIpc) is 4.37. The normalized spacial score (nSPS) is 16.2. The molecule has 0 saturated heterocycles. The molecule has 3 nitrogen and oxygen atoms in total. The third-order valence-corrected chi connectivity index (χ3v) is 18.6. The van der Waals surface area contributed by atoms with E-state index in [1.807, 2.05) is 0 Å². The van der Waals surface area contributed by atoms with E-state index in [4.69, 9.17) is 8.83 Å². The van der Waals surface area contributed by atoms with Crippen molar-refractivity contribution in [1.82, 2.24) is 0 Å². The zero-order valence-corrected chi connectivity index (χ0v) is 43.7. The lowest BCUT2D eigenvalue weighted by molar-refractivity contribution is 0.600. The van der Waals surface area contributed by atoms with E-state index < -0.39 is 0 Å². The number of rotatable bonds is 4. The molecule has 0 fully saturated rings. The predicted molar refractivity (Wildman–Crippen MR) is 311 cm³/mol. The Balaban J connectivity index is 0.882. The summed E-state index contributed by atoms with van der Waals surface area (Å²) in [6.45, 7) is 19.4. The fourth-order valence-corrected chi connectivity index (χ4v) is 14.9. The fourth-order valence-electron chi connectivity index (χ4n) is 14.9. The molecule has 4 aliphatic rings. The summed E-state index contributed by atoms with van der Waals surface area (Å²) in [4.78, 5) is 2.49. The molecule has 0 saturated carbocycles. The minimum absolute atomic E-state index is 0.182.